The normalized spacial score (nSPS) is 15.4. The Bertz CT molecular complexity index is 270. The van der Waals surface area contributed by atoms with E-state index in [-0.39, 0.29) is 6.04 Å². The molecule has 4 heteroatoms. The Kier molecular flexibility index (Phi) is 4.51. The number of nitrogens with one attached hydrogen (secondary N) is 1. The lowest BCUT2D eigenvalue weighted by molar-refractivity contribution is 0.445. The van der Waals surface area contributed by atoms with Crippen LogP contribution in [0.4, 0.5) is 0 Å². The molecule has 3 nitrogen and oxygen atoms in total. The molecule has 0 aliphatic rings. The van der Waals surface area contributed by atoms with E-state index in [1.807, 2.05) is 13.1 Å². The average molecular weight is 213 g/mol. The summed E-state index contributed by atoms with van der Waals surface area (Å²) in [6.45, 7) is 8.09. The third kappa shape index (κ3) is 3.74. The summed E-state index contributed by atoms with van der Waals surface area (Å²) >= 11 is 1.74. The van der Waals surface area contributed by atoms with E-state index in [9.17, 15) is 0 Å². The van der Waals surface area contributed by atoms with Gasteiger partial charge in [-0.3, -0.25) is 0 Å². The molecule has 1 rings (SSSR count). The largest absolute Gasteiger partial charge is 0.328 e. The number of aryl methyl sites for hydroxylation is 1. The summed E-state index contributed by atoms with van der Waals surface area (Å²) in [6.07, 6.45) is 1.91. The molecule has 0 amide bonds. The van der Waals surface area contributed by atoms with Crippen molar-refractivity contribution in [2.45, 2.75) is 33.4 Å². The fourth-order valence-corrected chi connectivity index (χ4v) is 1.83. The third-order valence-electron chi connectivity index (χ3n) is 2.31. The van der Waals surface area contributed by atoms with Gasteiger partial charge in [-0.25, -0.2) is 4.98 Å². The Balaban J connectivity index is 2.22. The SMILES string of the molecule is Cc1cnc(CNCC(C)C(C)N)s1. The summed E-state index contributed by atoms with van der Waals surface area (Å²) in [5, 5.41) is 4.52. The minimum Gasteiger partial charge on any atom is -0.328 e. The summed E-state index contributed by atoms with van der Waals surface area (Å²) in [4.78, 5) is 5.55. The Morgan fingerprint density at radius 3 is 2.79 bits per heavy atom. The number of hydrogen-bond donors (Lipinski definition) is 2. The molecule has 0 saturated heterocycles. The highest BCUT2D eigenvalue weighted by atomic mass is 32.1. The van der Waals surface area contributed by atoms with Crippen molar-refractivity contribution in [1.82, 2.24) is 10.3 Å². The second kappa shape index (κ2) is 5.44. The zero-order chi connectivity index (χ0) is 10.6. The van der Waals surface area contributed by atoms with Gasteiger partial charge in [-0.2, -0.15) is 0 Å². The van der Waals surface area contributed by atoms with Gasteiger partial charge in [0, 0.05) is 23.7 Å². The number of nitrogens with zero attached hydrogens (tertiary/aromatic N) is 1. The van der Waals surface area contributed by atoms with Gasteiger partial charge >= 0.3 is 0 Å². The Hall–Kier alpha value is -0.450. The molecule has 0 saturated carbocycles. The van der Waals surface area contributed by atoms with Gasteiger partial charge in [0.25, 0.3) is 0 Å². The first kappa shape index (κ1) is 11.6. The van der Waals surface area contributed by atoms with Gasteiger partial charge < -0.3 is 11.1 Å². The molecule has 1 aromatic heterocycles. The van der Waals surface area contributed by atoms with Crippen molar-refractivity contribution in [3.05, 3.63) is 16.1 Å². The van der Waals surface area contributed by atoms with Gasteiger partial charge in [-0.05, 0) is 26.3 Å². The summed E-state index contributed by atoms with van der Waals surface area (Å²) < 4.78 is 0. The zero-order valence-corrected chi connectivity index (χ0v) is 9.90. The van der Waals surface area contributed by atoms with E-state index in [0.717, 1.165) is 18.1 Å². The van der Waals surface area contributed by atoms with Gasteiger partial charge in [-0.1, -0.05) is 6.92 Å². The van der Waals surface area contributed by atoms with Crippen LogP contribution in [0.2, 0.25) is 0 Å². The quantitative estimate of drug-likeness (QED) is 0.780. The molecule has 0 aliphatic heterocycles. The van der Waals surface area contributed by atoms with Crippen molar-refractivity contribution in [2.24, 2.45) is 11.7 Å². The molecular formula is C10H19N3S. The Morgan fingerprint density at radius 2 is 2.29 bits per heavy atom. The van der Waals surface area contributed by atoms with Crippen LogP contribution in [0.5, 0.6) is 0 Å². The predicted octanol–water partition coefficient (Wildman–Crippen LogP) is 1.52. The second-order valence-electron chi connectivity index (χ2n) is 3.83. The smallest absolute Gasteiger partial charge is 0.107 e. The van der Waals surface area contributed by atoms with Crippen LogP contribution in [0.1, 0.15) is 23.7 Å². The minimum atomic E-state index is 0.250. The summed E-state index contributed by atoms with van der Waals surface area (Å²) in [6, 6.07) is 0.250. The van der Waals surface area contributed by atoms with E-state index < -0.39 is 0 Å². The van der Waals surface area contributed by atoms with Crippen LogP contribution in [0.3, 0.4) is 0 Å². The van der Waals surface area contributed by atoms with Crippen molar-refractivity contribution < 1.29 is 0 Å². The third-order valence-corrected chi connectivity index (χ3v) is 3.22. The average Bonchev–Trinajstić information content (AvgIpc) is 2.51. The number of aromatic nitrogens is 1. The van der Waals surface area contributed by atoms with E-state index >= 15 is 0 Å². The molecule has 3 N–H and O–H groups in total. The zero-order valence-electron chi connectivity index (χ0n) is 9.08. The molecule has 14 heavy (non-hydrogen) atoms. The molecule has 2 unspecified atom stereocenters. The first-order valence-corrected chi connectivity index (χ1v) is 5.79. The monoisotopic (exact) mass is 213 g/mol. The molecule has 0 fully saturated rings. The molecule has 0 aromatic carbocycles. The van der Waals surface area contributed by atoms with Crippen LogP contribution in [0.25, 0.3) is 0 Å². The van der Waals surface area contributed by atoms with E-state index in [2.05, 4.69) is 24.1 Å². The lowest BCUT2D eigenvalue weighted by atomic mass is 10.1. The summed E-state index contributed by atoms with van der Waals surface area (Å²) in [7, 11) is 0. The van der Waals surface area contributed by atoms with Gasteiger partial charge in [0.15, 0.2) is 0 Å². The molecule has 80 valence electrons. The summed E-state index contributed by atoms with van der Waals surface area (Å²) in [5.74, 6) is 0.510. The summed E-state index contributed by atoms with van der Waals surface area (Å²) in [5.41, 5.74) is 5.77. The molecule has 1 aromatic rings. The van der Waals surface area contributed by atoms with Crippen molar-refractivity contribution in [3.8, 4) is 0 Å². The van der Waals surface area contributed by atoms with Crippen LogP contribution < -0.4 is 11.1 Å². The lowest BCUT2D eigenvalue weighted by Gasteiger charge is -2.15. The van der Waals surface area contributed by atoms with Gasteiger partial charge in [0.2, 0.25) is 0 Å². The van der Waals surface area contributed by atoms with E-state index in [1.54, 1.807) is 11.3 Å². The van der Waals surface area contributed by atoms with E-state index in [4.69, 9.17) is 5.73 Å². The first-order valence-electron chi connectivity index (χ1n) is 4.97. The standard InChI is InChI=1S/C10H19N3S/c1-7(9(3)11)4-12-6-10-13-5-8(2)14-10/h5,7,9,12H,4,6,11H2,1-3H3. The highest BCUT2D eigenvalue weighted by Crippen LogP contribution is 2.10. The van der Waals surface area contributed by atoms with Crippen molar-refractivity contribution in [3.63, 3.8) is 0 Å². The van der Waals surface area contributed by atoms with Crippen molar-refractivity contribution in [1.29, 1.82) is 0 Å². The highest BCUT2D eigenvalue weighted by molar-refractivity contribution is 7.11. The van der Waals surface area contributed by atoms with E-state index in [0.29, 0.717) is 5.92 Å². The van der Waals surface area contributed by atoms with Crippen molar-refractivity contribution >= 4 is 11.3 Å². The van der Waals surface area contributed by atoms with Crippen LogP contribution in [0, 0.1) is 12.8 Å². The topological polar surface area (TPSA) is 50.9 Å². The number of rotatable bonds is 5. The maximum Gasteiger partial charge on any atom is 0.107 e. The van der Waals surface area contributed by atoms with Gasteiger partial charge in [0.1, 0.15) is 5.01 Å². The predicted molar refractivity (Wildman–Crippen MR) is 61.4 cm³/mol. The number of nitrogens with two attached hydrogens (primary N) is 1. The Morgan fingerprint density at radius 1 is 1.57 bits per heavy atom. The maximum absolute atomic E-state index is 5.77. The van der Waals surface area contributed by atoms with Gasteiger partial charge in [-0.15, -0.1) is 11.3 Å². The van der Waals surface area contributed by atoms with Crippen LogP contribution >= 0.6 is 11.3 Å². The van der Waals surface area contributed by atoms with Crippen molar-refractivity contribution in [2.75, 3.05) is 6.54 Å². The van der Waals surface area contributed by atoms with Gasteiger partial charge in [0.05, 0.1) is 0 Å². The van der Waals surface area contributed by atoms with Crippen LogP contribution in [0.15, 0.2) is 6.20 Å². The van der Waals surface area contributed by atoms with Crippen LogP contribution in [-0.4, -0.2) is 17.6 Å². The molecule has 2 atom stereocenters. The number of thiazole rings is 1. The fourth-order valence-electron chi connectivity index (χ4n) is 1.08. The minimum absolute atomic E-state index is 0.250. The molecular weight excluding hydrogens is 194 g/mol. The van der Waals surface area contributed by atoms with Crippen LogP contribution in [-0.2, 0) is 6.54 Å². The van der Waals surface area contributed by atoms with E-state index in [1.165, 1.54) is 4.88 Å². The fraction of sp³-hybridized carbons (Fsp3) is 0.700. The number of hydrogen-bond acceptors (Lipinski definition) is 4. The lowest BCUT2D eigenvalue weighted by Crippen LogP contribution is -2.32. The highest BCUT2D eigenvalue weighted by Gasteiger charge is 2.06. The molecule has 1 heterocycles. The maximum atomic E-state index is 5.77. The molecule has 0 spiro atoms. The first-order chi connectivity index (χ1) is 6.59. The molecule has 0 aliphatic carbocycles. The molecule has 0 radical (unpaired) electrons. The Labute approximate surface area is 89.7 Å². The second-order valence-corrected chi connectivity index (χ2v) is 5.15. The molecule has 0 bridgehead atoms.